The number of phenols is 1. The number of aromatic amines is 1. The molecule has 3 rings (SSSR count). The number of aliphatic hydroxyl groups excluding tert-OH is 2. The number of benzene rings is 1. The lowest BCUT2D eigenvalue weighted by Gasteiger charge is -2.23. The summed E-state index contributed by atoms with van der Waals surface area (Å²) in [5, 5.41) is 29.5. The molecule has 4 N–H and O–H groups in total. The standard InChI is InChI=1S/C18H20N2O9/c1-8-5-9(22)6-10(27-2)13(8)17(25)29-15-14(24)11(7-21)28-16(15)20-4-3-12(23)19-18(20)26/h3-6,11,14-16,21-22,24H,7H2,1-2H3,(H,19,23,26)/t11-,14-,15-,16-/m0/s1. The number of nitrogens with one attached hydrogen (secondary N) is 1. The molecule has 0 radical (unpaired) electrons. The molecule has 1 aromatic carbocycles. The van der Waals surface area contributed by atoms with Gasteiger partial charge in [0.05, 0.1) is 13.7 Å². The van der Waals surface area contributed by atoms with Crippen molar-refractivity contribution >= 4 is 5.97 Å². The molecule has 1 fully saturated rings. The molecule has 1 saturated heterocycles. The van der Waals surface area contributed by atoms with Gasteiger partial charge in [-0.05, 0) is 18.6 Å². The second-order valence-electron chi connectivity index (χ2n) is 6.47. The lowest BCUT2D eigenvalue weighted by molar-refractivity contribution is -0.0604. The molecule has 29 heavy (non-hydrogen) atoms. The van der Waals surface area contributed by atoms with Crippen molar-refractivity contribution in [2.24, 2.45) is 0 Å². The highest BCUT2D eigenvalue weighted by Gasteiger charge is 2.47. The van der Waals surface area contributed by atoms with Crippen LogP contribution < -0.4 is 16.0 Å². The van der Waals surface area contributed by atoms with Crippen LogP contribution in [0, 0.1) is 6.92 Å². The number of esters is 1. The number of ether oxygens (including phenoxy) is 3. The largest absolute Gasteiger partial charge is 0.508 e. The first-order chi connectivity index (χ1) is 13.8. The molecule has 0 spiro atoms. The van der Waals surface area contributed by atoms with E-state index in [2.05, 4.69) is 0 Å². The minimum atomic E-state index is -1.45. The predicted molar refractivity (Wildman–Crippen MR) is 96.9 cm³/mol. The smallest absolute Gasteiger partial charge is 0.342 e. The van der Waals surface area contributed by atoms with Gasteiger partial charge < -0.3 is 29.5 Å². The van der Waals surface area contributed by atoms with Gasteiger partial charge in [0.25, 0.3) is 5.56 Å². The maximum Gasteiger partial charge on any atom is 0.342 e. The van der Waals surface area contributed by atoms with Crippen LogP contribution in [-0.2, 0) is 9.47 Å². The van der Waals surface area contributed by atoms with Gasteiger partial charge in [0.1, 0.15) is 29.3 Å². The maximum absolute atomic E-state index is 12.8. The summed E-state index contributed by atoms with van der Waals surface area (Å²) < 4.78 is 17.0. The van der Waals surface area contributed by atoms with E-state index in [4.69, 9.17) is 14.2 Å². The average molecular weight is 408 g/mol. The fourth-order valence-electron chi connectivity index (χ4n) is 3.19. The van der Waals surface area contributed by atoms with Gasteiger partial charge in [0.15, 0.2) is 12.3 Å². The molecular weight excluding hydrogens is 388 g/mol. The number of aromatic nitrogens is 2. The monoisotopic (exact) mass is 408 g/mol. The van der Waals surface area contributed by atoms with Gasteiger partial charge in [0.2, 0.25) is 0 Å². The first-order valence-corrected chi connectivity index (χ1v) is 8.61. The van der Waals surface area contributed by atoms with Crippen molar-refractivity contribution < 1.29 is 34.3 Å². The Morgan fingerprint density at radius 2 is 2.07 bits per heavy atom. The van der Waals surface area contributed by atoms with Gasteiger partial charge >= 0.3 is 11.7 Å². The number of hydrogen-bond acceptors (Lipinski definition) is 9. The number of aromatic hydroxyl groups is 1. The Morgan fingerprint density at radius 1 is 1.34 bits per heavy atom. The Hall–Kier alpha value is -3.15. The second-order valence-corrected chi connectivity index (χ2v) is 6.47. The molecule has 11 heteroatoms. The number of H-pyrrole nitrogens is 1. The van der Waals surface area contributed by atoms with E-state index in [9.17, 15) is 29.7 Å². The van der Waals surface area contributed by atoms with Crippen LogP contribution in [0.3, 0.4) is 0 Å². The fraction of sp³-hybridized carbons (Fsp3) is 0.389. The number of carbonyl (C=O) groups is 1. The average Bonchev–Trinajstić information content (AvgIpc) is 2.96. The molecule has 1 aliphatic rings. The van der Waals surface area contributed by atoms with E-state index in [0.717, 1.165) is 16.8 Å². The van der Waals surface area contributed by atoms with E-state index in [1.165, 1.54) is 19.2 Å². The molecule has 2 aromatic rings. The fourth-order valence-corrected chi connectivity index (χ4v) is 3.19. The van der Waals surface area contributed by atoms with E-state index in [1.807, 2.05) is 4.98 Å². The van der Waals surface area contributed by atoms with Crippen LogP contribution in [-0.4, -0.2) is 62.9 Å². The Kier molecular flexibility index (Phi) is 5.73. The van der Waals surface area contributed by atoms with Crippen LogP contribution in [0.25, 0.3) is 0 Å². The number of methoxy groups -OCH3 is 1. The Bertz CT molecular complexity index is 1030. The molecule has 2 heterocycles. The first kappa shape index (κ1) is 20.6. The van der Waals surface area contributed by atoms with E-state index in [-0.39, 0.29) is 17.1 Å². The predicted octanol–water partition coefficient (Wildman–Crippen LogP) is -0.965. The zero-order valence-corrected chi connectivity index (χ0v) is 15.6. The molecule has 0 unspecified atom stereocenters. The first-order valence-electron chi connectivity index (χ1n) is 8.61. The van der Waals surface area contributed by atoms with Crippen molar-refractivity contribution in [3.63, 3.8) is 0 Å². The highest BCUT2D eigenvalue weighted by atomic mass is 16.6. The summed E-state index contributed by atoms with van der Waals surface area (Å²) in [4.78, 5) is 38.3. The Balaban J connectivity index is 1.98. The Labute approximate surface area is 163 Å². The van der Waals surface area contributed by atoms with Crippen molar-refractivity contribution in [1.29, 1.82) is 0 Å². The third-order valence-corrected chi connectivity index (χ3v) is 4.57. The summed E-state index contributed by atoms with van der Waals surface area (Å²) in [6.45, 7) is 0.965. The van der Waals surface area contributed by atoms with Crippen molar-refractivity contribution in [1.82, 2.24) is 9.55 Å². The van der Waals surface area contributed by atoms with Crippen LogP contribution in [0.4, 0.5) is 0 Å². The van der Waals surface area contributed by atoms with Gasteiger partial charge in [-0.3, -0.25) is 14.3 Å². The second kappa shape index (κ2) is 8.07. The molecule has 4 atom stereocenters. The third-order valence-electron chi connectivity index (χ3n) is 4.57. The highest BCUT2D eigenvalue weighted by molar-refractivity contribution is 5.94. The molecular formula is C18H20N2O9. The van der Waals surface area contributed by atoms with E-state index in [0.29, 0.717) is 5.56 Å². The number of rotatable bonds is 5. The third kappa shape index (κ3) is 3.88. The summed E-state index contributed by atoms with van der Waals surface area (Å²) >= 11 is 0. The molecule has 0 amide bonds. The Morgan fingerprint density at radius 3 is 2.69 bits per heavy atom. The lowest BCUT2D eigenvalue weighted by atomic mass is 10.1. The number of phenolic OH excluding ortho intramolecular Hbond substituents is 1. The zero-order chi connectivity index (χ0) is 21.3. The minimum absolute atomic E-state index is 0.0116. The number of hydrogen-bond donors (Lipinski definition) is 4. The number of aryl methyl sites for hydroxylation is 1. The van der Waals surface area contributed by atoms with Crippen molar-refractivity contribution in [3.05, 3.63) is 56.4 Å². The summed E-state index contributed by atoms with van der Waals surface area (Å²) in [6.07, 6.45) is -4.11. The van der Waals surface area contributed by atoms with E-state index < -0.39 is 48.4 Å². The summed E-state index contributed by atoms with van der Waals surface area (Å²) in [6, 6.07) is 3.63. The highest BCUT2D eigenvalue weighted by Crippen LogP contribution is 2.34. The van der Waals surface area contributed by atoms with Crippen molar-refractivity contribution in [2.45, 2.75) is 31.5 Å². The van der Waals surface area contributed by atoms with Crippen molar-refractivity contribution in [2.75, 3.05) is 13.7 Å². The molecule has 156 valence electrons. The van der Waals surface area contributed by atoms with Crippen LogP contribution in [0.15, 0.2) is 34.0 Å². The summed E-state index contributed by atoms with van der Waals surface area (Å²) in [5.41, 5.74) is -1.11. The van der Waals surface area contributed by atoms with Crippen molar-refractivity contribution in [3.8, 4) is 11.5 Å². The van der Waals surface area contributed by atoms with Crippen LogP contribution in [0.2, 0.25) is 0 Å². The number of aliphatic hydroxyl groups is 2. The van der Waals surface area contributed by atoms with Gasteiger partial charge in [-0.25, -0.2) is 9.59 Å². The van der Waals surface area contributed by atoms with Crippen LogP contribution >= 0.6 is 0 Å². The number of nitrogens with zero attached hydrogens (tertiary/aromatic N) is 1. The zero-order valence-electron chi connectivity index (χ0n) is 15.6. The quantitative estimate of drug-likeness (QED) is 0.457. The van der Waals surface area contributed by atoms with Crippen LogP contribution in [0.5, 0.6) is 11.5 Å². The van der Waals surface area contributed by atoms with Gasteiger partial charge in [0, 0.05) is 18.3 Å². The maximum atomic E-state index is 12.8. The van der Waals surface area contributed by atoms with Gasteiger partial charge in [-0.15, -0.1) is 0 Å². The van der Waals surface area contributed by atoms with Gasteiger partial charge in [-0.1, -0.05) is 0 Å². The van der Waals surface area contributed by atoms with E-state index in [1.54, 1.807) is 6.92 Å². The lowest BCUT2D eigenvalue weighted by Crippen LogP contribution is -2.40. The molecule has 1 aliphatic heterocycles. The SMILES string of the molecule is COc1cc(O)cc(C)c1C(=O)O[C@H]1[C@@H](O)[C@H](CO)O[C@@H]1n1ccc(=O)[nH]c1=O. The normalized spacial score (nSPS) is 23.7. The molecule has 1 aromatic heterocycles. The minimum Gasteiger partial charge on any atom is -0.508 e. The molecule has 0 bridgehead atoms. The van der Waals surface area contributed by atoms with E-state index >= 15 is 0 Å². The number of carbonyl (C=O) groups excluding carboxylic acids is 1. The molecule has 0 aliphatic carbocycles. The van der Waals surface area contributed by atoms with Crippen LogP contribution in [0.1, 0.15) is 22.1 Å². The summed E-state index contributed by atoms with van der Waals surface area (Å²) in [7, 11) is 1.31. The summed E-state index contributed by atoms with van der Waals surface area (Å²) in [5.74, 6) is -0.955. The topological polar surface area (TPSA) is 160 Å². The molecule has 0 saturated carbocycles. The van der Waals surface area contributed by atoms with Gasteiger partial charge in [-0.2, -0.15) is 0 Å². The molecule has 11 nitrogen and oxygen atoms in total.